The number of esters is 1. The molecule has 5 nitrogen and oxygen atoms in total. The number of amides is 1. The van der Waals surface area contributed by atoms with Gasteiger partial charge in [0.05, 0.1) is 18.4 Å². The molecule has 1 unspecified atom stereocenters. The summed E-state index contributed by atoms with van der Waals surface area (Å²) >= 11 is 0. The topological polar surface area (TPSA) is 55.8 Å². The lowest BCUT2D eigenvalue weighted by atomic mass is 9.84. The molecule has 2 aliphatic heterocycles. The smallest absolute Gasteiger partial charge is 0.336 e. The zero-order chi connectivity index (χ0) is 19.1. The average Bonchev–Trinajstić information content (AvgIpc) is 3.01. The Morgan fingerprint density at radius 2 is 1.81 bits per heavy atom. The second kappa shape index (κ2) is 6.58. The van der Waals surface area contributed by atoms with Crippen LogP contribution in [0.4, 0.5) is 5.69 Å². The quantitative estimate of drug-likeness (QED) is 0.781. The highest BCUT2D eigenvalue weighted by Gasteiger charge is 2.43. The summed E-state index contributed by atoms with van der Waals surface area (Å²) in [6.07, 6.45) is 0.216. The van der Waals surface area contributed by atoms with Gasteiger partial charge in [0.1, 0.15) is 12.4 Å². The number of ether oxygens (including phenoxy) is 2. The Kier molecular flexibility index (Phi) is 4.22. The monoisotopic (exact) mass is 363 g/mol. The van der Waals surface area contributed by atoms with Crippen LogP contribution < -0.4 is 9.64 Å². The lowest BCUT2D eigenvalue weighted by Crippen LogP contribution is -2.37. The Labute approximate surface area is 158 Å². The molecule has 138 valence electrons. The van der Waals surface area contributed by atoms with Gasteiger partial charge in [0.15, 0.2) is 0 Å². The molecule has 0 aliphatic carbocycles. The first kappa shape index (κ1) is 17.3. The van der Waals surface area contributed by atoms with E-state index in [4.69, 9.17) is 9.47 Å². The maximum Gasteiger partial charge on any atom is 0.336 e. The third-order valence-corrected chi connectivity index (χ3v) is 5.08. The number of aryl methyl sites for hydroxylation is 2. The minimum Gasteiger partial charge on any atom is -0.497 e. The maximum absolute atomic E-state index is 13.1. The lowest BCUT2D eigenvalue weighted by molar-refractivity contribution is -0.136. The number of benzene rings is 2. The molecular formula is C22H21NO4. The largest absolute Gasteiger partial charge is 0.497 e. The highest BCUT2D eigenvalue weighted by atomic mass is 16.5. The molecule has 4 rings (SSSR count). The molecule has 2 aliphatic rings. The van der Waals surface area contributed by atoms with Gasteiger partial charge in [-0.15, -0.1) is 0 Å². The van der Waals surface area contributed by atoms with Crippen LogP contribution in [0.1, 0.15) is 29.0 Å². The molecular weight excluding hydrogens is 342 g/mol. The predicted octanol–water partition coefficient (Wildman–Crippen LogP) is 3.64. The van der Waals surface area contributed by atoms with E-state index in [9.17, 15) is 9.59 Å². The molecule has 0 aromatic heterocycles. The SMILES string of the molecule is COc1cccc(C2CC(=O)N(c3cc(C)cc(C)c3)C3=C2C(=O)OC3)c1. The normalized spacial score (nSPS) is 19.2. The second-order valence-electron chi connectivity index (χ2n) is 7.04. The first-order chi connectivity index (χ1) is 13.0. The van der Waals surface area contributed by atoms with E-state index in [0.717, 1.165) is 22.4 Å². The maximum atomic E-state index is 13.1. The van der Waals surface area contributed by atoms with Crippen LogP contribution in [0, 0.1) is 13.8 Å². The van der Waals surface area contributed by atoms with Crippen molar-refractivity contribution in [1.82, 2.24) is 0 Å². The van der Waals surface area contributed by atoms with E-state index in [1.54, 1.807) is 12.0 Å². The number of hydrogen-bond donors (Lipinski definition) is 0. The van der Waals surface area contributed by atoms with E-state index in [1.807, 2.05) is 50.2 Å². The Bertz CT molecular complexity index is 956. The van der Waals surface area contributed by atoms with Gasteiger partial charge in [0.2, 0.25) is 5.91 Å². The molecule has 0 spiro atoms. The number of cyclic esters (lactones) is 1. The summed E-state index contributed by atoms with van der Waals surface area (Å²) in [6, 6.07) is 13.5. The first-order valence-electron chi connectivity index (χ1n) is 8.93. The molecule has 0 N–H and O–H groups in total. The van der Waals surface area contributed by atoms with E-state index < -0.39 is 0 Å². The van der Waals surface area contributed by atoms with Crippen molar-refractivity contribution >= 4 is 17.6 Å². The molecule has 0 bridgehead atoms. The molecule has 2 aromatic rings. The molecule has 27 heavy (non-hydrogen) atoms. The number of methoxy groups -OCH3 is 1. The van der Waals surface area contributed by atoms with Crippen molar-refractivity contribution in [2.75, 3.05) is 18.6 Å². The van der Waals surface area contributed by atoms with Gasteiger partial charge in [0.25, 0.3) is 0 Å². The number of rotatable bonds is 3. The third kappa shape index (κ3) is 2.99. The van der Waals surface area contributed by atoms with Crippen LogP contribution in [0.5, 0.6) is 5.75 Å². The van der Waals surface area contributed by atoms with E-state index in [-0.39, 0.29) is 30.8 Å². The summed E-state index contributed by atoms with van der Waals surface area (Å²) in [4.78, 5) is 27.3. The van der Waals surface area contributed by atoms with Crippen LogP contribution in [-0.2, 0) is 14.3 Å². The van der Waals surface area contributed by atoms with Gasteiger partial charge < -0.3 is 9.47 Å². The number of carbonyl (C=O) groups is 2. The average molecular weight is 363 g/mol. The summed E-state index contributed by atoms with van der Waals surface area (Å²) in [5.41, 5.74) is 5.03. The summed E-state index contributed by atoms with van der Waals surface area (Å²) < 4.78 is 10.6. The zero-order valence-corrected chi connectivity index (χ0v) is 15.6. The fourth-order valence-corrected chi connectivity index (χ4v) is 3.98. The Balaban J connectivity index is 1.84. The number of anilines is 1. The van der Waals surface area contributed by atoms with Gasteiger partial charge in [-0.2, -0.15) is 0 Å². The van der Waals surface area contributed by atoms with Crippen LogP contribution in [-0.4, -0.2) is 25.6 Å². The number of carbonyl (C=O) groups excluding carboxylic acids is 2. The standard InChI is InChI=1S/C22H21NO4/c1-13-7-14(2)9-16(8-13)23-19-12-27-22(25)21(19)18(11-20(23)24)15-5-4-6-17(10-15)26-3/h4-10,18H,11-12H2,1-3H3. The highest BCUT2D eigenvalue weighted by Crippen LogP contribution is 2.42. The van der Waals surface area contributed by atoms with Gasteiger partial charge in [-0.1, -0.05) is 18.2 Å². The molecule has 5 heteroatoms. The third-order valence-electron chi connectivity index (χ3n) is 5.08. The highest BCUT2D eigenvalue weighted by molar-refractivity contribution is 6.06. The van der Waals surface area contributed by atoms with Gasteiger partial charge in [-0.05, 0) is 54.8 Å². The van der Waals surface area contributed by atoms with Crippen LogP contribution >= 0.6 is 0 Å². The van der Waals surface area contributed by atoms with Crippen LogP contribution in [0.15, 0.2) is 53.7 Å². The molecule has 1 atom stereocenters. The van der Waals surface area contributed by atoms with Crippen LogP contribution in [0.25, 0.3) is 0 Å². The van der Waals surface area contributed by atoms with Crippen LogP contribution in [0.2, 0.25) is 0 Å². The zero-order valence-electron chi connectivity index (χ0n) is 15.6. The van der Waals surface area contributed by atoms with Gasteiger partial charge in [-0.25, -0.2) is 4.79 Å². The lowest BCUT2D eigenvalue weighted by Gasteiger charge is -2.32. The fraction of sp³-hybridized carbons (Fsp3) is 0.273. The Morgan fingerprint density at radius 1 is 1.07 bits per heavy atom. The molecule has 2 aromatic carbocycles. The molecule has 2 heterocycles. The molecule has 0 saturated heterocycles. The first-order valence-corrected chi connectivity index (χ1v) is 8.93. The van der Waals surface area contributed by atoms with Crippen molar-refractivity contribution < 1.29 is 19.1 Å². The number of hydrogen-bond acceptors (Lipinski definition) is 4. The Hall–Kier alpha value is -3.08. The summed E-state index contributed by atoms with van der Waals surface area (Å²) in [5.74, 6) is -0.00507. The molecule has 0 fully saturated rings. The predicted molar refractivity (Wildman–Crippen MR) is 102 cm³/mol. The second-order valence-corrected chi connectivity index (χ2v) is 7.04. The summed E-state index contributed by atoms with van der Waals surface area (Å²) in [5, 5.41) is 0. The summed E-state index contributed by atoms with van der Waals surface area (Å²) in [7, 11) is 1.60. The minimum atomic E-state index is -0.348. The van der Waals surface area contributed by atoms with Crippen molar-refractivity contribution in [2.24, 2.45) is 0 Å². The van der Waals surface area contributed by atoms with E-state index in [2.05, 4.69) is 6.07 Å². The van der Waals surface area contributed by atoms with Crippen molar-refractivity contribution in [3.8, 4) is 5.75 Å². The van der Waals surface area contributed by atoms with Gasteiger partial charge in [-0.3, -0.25) is 9.69 Å². The fourth-order valence-electron chi connectivity index (χ4n) is 3.98. The van der Waals surface area contributed by atoms with Crippen molar-refractivity contribution in [2.45, 2.75) is 26.2 Å². The van der Waals surface area contributed by atoms with Crippen molar-refractivity contribution in [3.63, 3.8) is 0 Å². The minimum absolute atomic E-state index is 0.0372. The summed E-state index contributed by atoms with van der Waals surface area (Å²) in [6.45, 7) is 4.11. The van der Waals surface area contributed by atoms with E-state index >= 15 is 0 Å². The Morgan fingerprint density at radius 3 is 2.52 bits per heavy atom. The van der Waals surface area contributed by atoms with Crippen molar-refractivity contribution in [1.29, 1.82) is 0 Å². The van der Waals surface area contributed by atoms with E-state index in [1.165, 1.54) is 0 Å². The molecule has 0 saturated carbocycles. The van der Waals surface area contributed by atoms with Gasteiger partial charge >= 0.3 is 5.97 Å². The van der Waals surface area contributed by atoms with E-state index in [0.29, 0.717) is 17.0 Å². The van der Waals surface area contributed by atoms with Crippen molar-refractivity contribution in [3.05, 3.63) is 70.4 Å². The van der Waals surface area contributed by atoms with Crippen LogP contribution in [0.3, 0.4) is 0 Å². The number of nitrogens with zero attached hydrogens (tertiary/aromatic N) is 1. The molecule has 1 amide bonds. The molecule has 0 radical (unpaired) electrons. The van der Waals surface area contributed by atoms with Gasteiger partial charge in [0, 0.05) is 18.0 Å².